The monoisotopic (exact) mass is 331 g/mol. The molecule has 1 amide bonds. The molecule has 1 aromatic rings. The number of piperazine rings is 1. The van der Waals surface area contributed by atoms with Crippen molar-refractivity contribution in [3.8, 4) is 0 Å². The van der Waals surface area contributed by atoms with Crippen LogP contribution in [0.15, 0.2) is 24.4 Å². The minimum atomic E-state index is -0.910. The molecule has 0 aliphatic carbocycles. The van der Waals surface area contributed by atoms with Gasteiger partial charge in [0.25, 0.3) is 0 Å². The summed E-state index contributed by atoms with van der Waals surface area (Å²) >= 11 is 0. The van der Waals surface area contributed by atoms with Gasteiger partial charge in [-0.15, -0.1) is 0 Å². The van der Waals surface area contributed by atoms with E-state index in [-0.39, 0.29) is 18.1 Å². The lowest BCUT2D eigenvalue weighted by atomic mass is 9.78. The van der Waals surface area contributed by atoms with Crippen LogP contribution in [0.25, 0.3) is 0 Å². The second-order valence-electron chi connectivity index (χ2n) is 6.68. The van der Waals surface area contributed by atoms with Crippen LogP contribution < -0.4 is 4.90 Å². The van der Waals surface area contributed by atoms with Gasteiger partial charge >= 0.3 is 5.97 Å². The summed E-state index contributed by atoms with van der Waals surface area (Å²) in [5.74, 6) is -1.27. The van der Waals surface area contributed by atoms with E-state index < -0.39 is 17.8 Å². The highest BCUT2D eigenvalue weighted by atomic mass is 16.5. The van der Waals surface area contributed by atoms with Crippen LogP contribution in [-0.2, 0) is 14.3 Å². The summed E-state index contributed by atoms with van der Waals surface area (Å²) in [6.45, 7) is 2.61. The summed E-state index contributed by atoms with van der Waals surface area (Å²) in [5, 5.41) is 9.48. The number of nitrogens with zero attached hydrogens (tertiary/aromatic N) is 3. The van der Waals surface area contributed by atoms with E-state index in [2.05, 4.69) is 9.88 Å². The Morgan fingerprint density at radius 3 is 2.42 bits per heavy atom. The fourth-order valence-electron chi connectivity index (χ4n) is 4.21. The van der Waals surface area contributed by atoms with Gasteiger partial charge in [0, 0.05) is 32.4 Å². The summed E-state index contributed by atoms with van der Waals surface area (Å²) in [7, 11) is 0. The summed E-state index contributed by atoms with van der Waals surface area (Å²) < 4.78 is 5.71. The Morgan fingerprint density at radius 1 is 1.08 bits per heavy atom. The van der Waals surface area contributed by atoms with Crippen molar-refractivity contribution >= 4 is 17.7 Å². The molecule has 4 atom stereocenters. The van der Waals surface area contributed by atoms with Crippen LogP contribution in [0.3, 0.4) is 0 Å². The van der Waals surface area contributed by atoms with Crippen molar-refractivity contribution < 1.29 is 19.4 Å². The summed E-state index contributed by atoms with van der Waals surface area (Å²) in [5.41, 5.74) is 0. The Morgan fingerprint density at radius 2 is 1.79 bits per heavy atom. The summed E-state index contributed by atoms with van der Waals surface area (Å²) in [4.78, 5) is 32.7. The molecule has 1 aromatic heterocycles. The number of carbonyl (C=O) groups excluding carboxylic acids is 1. The highest BCUT2D eigenvalue weighted by Crippen LogP contribution is 2.44. The lowest BCUT2D eigenvalue weighted by Gasteiger charge is -2.38. The van der Waals surface area contributed by atoms with E-state index in [1.165, 1.54) is 0 Å². The first kappa shape index (κ1) is 15.4. The van der Waals surface area contributed by atoms with Crippen molar-refractivity contribution in [2.45, 2.75) is 25.0 Å². The van der Waals surface area contributed by atoms with E-state index in [0.717, 1.165) is 18.7 Å². The Labute approximate surface area is 140 Å². The van der Waals surface area contributed by atoms with Crippen molar-refractivity contribution in [2.75, 3.05) is 31.1 Å². The van der Waals surface area contributed by atoms with Gasteiger partial charge in [0.15, 0.2) is 0 Å². The van der Waals surface area contributed by atoms with Crippen LogP contribution in [0.4, 0.5) is 5.82 Å². The Hall–Kier alpha value is -2.15. The maximum Gasteiger partial charge on any atom is 0.310 e. The van der Waals surface area contributed by atoms with Crippen molar-refractivity contribution in [3.05, 3.63) is 24.4 Å². The molecule has 7 heteroatoms. The fourth-order valence-corrected chi connectivity index (χ4v) is 4.21. The second kappa shape index (κ2) is 6.05. The molecule has 7 nitrogen and oxygen atoms in total. The lowest BCUT2D eigenvalue weighted by Crippen LogP contribution is -2.53. The first-order valence-corrected chi connectivity index (χ1v) is 8.48. The van der Waals surface area contributed by atoms with Crippen molar-refractivity contribution in [1.82, 2.24) is 9.88 Å². The number of hydrogen-bond donors (Lipinski definition) is 1. The molecule has 0 radical (unpaired) electrons. The van der Waals surface area contributed by atoms with Crippen molar-refractivity contribution in [3.63, 3.8) is 0 Å². The Kier molecular flexibility index (Phi) is 3.88. The third kappa shape index (κ3) is 2.53. The van der Waals surface area contributed by atoms with Crippen molar-refractivity contribution in [2.24, 2.45) is 11.8 Å². The number of carbonyl (C=O) groups is 2. The van der Waals surface area contributed by atoms with Gasteiger partial charge in [-0.2, -0.15) is 0 Å². The van der Waals surface area contributed by atoms with Gasteiger partial charge in [-0.1, -0.05) is 6.07 Å². The molecule has 4 rings (SSSR count). The molecule has 3 saturated heterocycles. The standard InChI is InChI=1S/C17H21N3O4/c21-16(14-11-4-5-12(24-11)15(14)17(22)23)20-9-7-19(8-10-20)13-3-1-2-6-18-13/h1-3,6,11-12,14-15H,4-5,7-10H2,(H,22,23)/t11-,12+,14+,15+/m1/s1. The fraction of sp³-hybridized carbons (Fsp3) is 0.588. The lowest BCUT2D eigenvalue weighted by molar-refractivity contribution is -0.151. The molecule has 3 aliphatic rings. The molecule has 0 unspecified atom stereocenters. The highest BCUT2D eigenvalue weighted by Gasteiger charge is 2.56. The van der Waals surface area contributed by atoms with E-state index >= 15 is 0 Å². The number of rotatable bonds is 3. The molecule has 3 aliphatic heterocycles. The number of carboxylic acids is 1. The number of hydrogen-bond acceptors (Lipinski definition) is 5. The molecule has 4 heterocycles. The van der Waals surface area contributed by atoms with Gasteiger partial charge in [0.05, 0.1) is 24.0 Å². The van der Waals surface area contributed by atoms with E-state index in [9.17, 15) is 14.7 Å². The molecule has 0 saturated carbocycles. The molecule has 3 fully saturated rings. The number of aliphatic carboxylic acids is 1. The molecular formula is C17H21N3O4. The van der Waals surface area contributed by atoms with E-state index in [1.54, 1.807) is 11.1 Å². The second-order valence-corrected chi connectivity index (χ2v) is 6.68. The van der Waals surface area contributed by atoms with Gasteiger partial charge < -0.3 is 19.6 Å². The number of ether oxygens (including phenoxy) is 1. The molecule has 2 bridgehead atoms. The average Bonchev–Trinajstić information content (AvgIpc) is 3.23. The number of amides is 1. The van der Waals surface area contributed by atoms with Gasteiger partial charge in [0.2, 0.25) is 5.91 Å². The number of carboxylic acid groups (broad SMARTS) is 1. The Bertz CT molecular complexity index is 630. The zero-order valence-corrected chi connectivity index (χ0v) is 13.4. The first-order chi connectivity index (χ1) is 11.6. The van der Waals surface area contributed by atoms with Gasteiger partial charge in [-0.25, -0.2) is 4.98 Å². The van der Waals surface area contributed by atoms with Crippen LogP contribution in [-0.4, -0.2) is 65.3 Å². The van der Waals surface area contributed by atoms with E-state index in [4.69, 9.17) is 4.74 Å². The molecule has 1 N–H and O–H groups in total. The molecule has 0 spiro atoms. The van der Waals surface area contributed by atoms with Gasteiger partial charge in [-0.3, -0.25) is 9.59 Å². The first-order valence-electron chi connectivity index (χ1n) is 8.48. The van der Waals surface area contributed by atoms with E-state index in [0.29, 0.717) is 26.2 Å². The molecule has 0 aromatic carbocycles. The normalized spacial score (nSPS) is 32.2. The summed E-state index contributed by atoms with van der Waals surface area (Å²) in [6.07, 6.45) is 2.78. The van der Waals surface area contributed by atoms with Crippen LogP contribution in [0.2, 0.25) is 0 Å². The molecule has 24 heavy (non-hydrogen) atoms. The minimum Gasteiger partial charge on any atom is -0.481 e. The predicted molar refractivity (Wildman–Crippen MR) is 85.5 cm³/mol. The number of pyridine rings is 1. The number of aromatic nitrogens is 1. The predicted octanol–water partition coefficient (Wildman–Crippen LogP) is 0.608. The van der Waals surface area contributed by atoms with E-state index in [1.807, 2.05) is 18.2 Å². The maximum atomic E-state index is 12.9. The zero-order chi connectivity index (χ0) is 16.7. The minimum absolute atomic E-state index is 0.0599. The largest absolute Gasteiger partial charge is 0.481 e. The van der Waals surface area contributed by atoms with Gasteiger partial charge in [-0.05, 0) is 25.0 Å². The maximum absolute atomic E-state index is 12.9. The van der Waals surface area contributed by atoms with Crippen LogP contribution in [0.1, 0.15) is 12.8 Å². The van der Waals surface area contributed by atoms with Crippen LogP contribution in [0, 0.1) is 11.8 Å². The SMILES string of the molecule is O=C(O)[C@@H]1[C@@H](C(=O)N2CCN(c3ccccn3)CC2)[C@H]2CC[C@@H]1O2. The van der Waals surface area contributed by atoms with Crippen LogP contribution >= 0.6 is 0 Å². The van der Waals surface area contributed by atoms with Crippen molar-refractivity contribution in [1.29, 1.82) is 0 Å². The average molecular weight is 331 g/mol. The topological polar surface area (TPSA) is 83.0 Å². The third-order valence-corrected chi connectivity index (χ3v) is 5.41. The molecule has 128 valence electrons. The smallest absolute Gasteiger partial charge is 0.310 e. The van der Waals surface area contributed by atoms with Crippen LogP contribution in [0.5, 0.6) is 0 Å². The third-order valence-electron chi connectivity index (χ3n) is 5.41. The number of anilines is 1. The van der Waals surface area contributed by atoms with Gasteiger partial charge in [0.1, 0.15) is 5.82 Å². The summed E-state index contributed by atoms with van der Waals surface area (Å²) in [6, 6.07) is 5.79. The Balaban J connectivity index is 1.42. The molecular weight excluding hydrogens is 310 g/mol. The number of fused-ring (bicyclic) bond motifs is 2. The zero-order valence-electron chi connectivity index (χ0n) is 13.4. The quantitative estimate of drug-likeness (QED) is 0.874. The highest BCUT2D eigenvalue weighted by molar-refractivity contribution is 5.86.